The molecule has 5 nitrogen and oxygen atoms in total. The highest BCUT2D eigenvalue weighted by atomic mass is 16.3. The minimum absolute atomic E-state index is 0.117. The minimum atomic E-state index is -0.705. The molecule has 0 aromatic heterocycles. The summed E-state index contributed by atoms with van der Waals surface area (Å²) in [4.78, 5) is 15.7. The number of aliphatic hydroxyl groups is 2. The van der Waals surface area contributed by atoms with E-state index in [9.17, 15) is 15.0 Å². The molecule has 1 aliphatic heterocycles. The lowest BCUT2D eigenvalue weighted by Crippen LogP contribution is -2.41. The van der Waals surface area contributed by atoms with Crippen LogP contribution < -0.4 is 0 Å². The molecule has 5 heteroatoms. The third kappa shape index (κ3) is 2.53. The number of hydrogen-bond acceptors (Lipinski definition) is 4. The number of amides is 1. The molecule has 0 radical (unpaired) electrons. The SMILES string of the molecule is CCN(C(=O)CN1C[C@@H](O)[C@@H](O)C1)C1CC1. The van der Waals surface area contributed by atoms with Crippen LogP contribution in [0.15, 0.2) is 0 Å². The van der Waals surface area contributed by atoms with Crippen molar-refractivity contribution in [1.29, 1.82) is 0 Å². The van der Waals surface area contributed by atoms with Crippen LogP contribution >= 0.6 is 0 Å². The van der Waals surface area contributed by atoms with Gasteiger partial charge in [0.1, 0.15) is 0 Å². The van der Waals surface area contributed by atoms with E-state index in [1.807, 2.05) is 16.7 Å². The molecule has 0 aromatic rings. The Kier molecular flexibility index (Phi) is 3.47. The van der Waals surface area contributed by atoms with E-state index in [4.69, 9.17) is 0 Å². The second-order valence-electron chi connectivity index (χ2n) is 4.74. The number of β-amino-alcohol motifs (C(OH)–C–C–N with tert-alkyl or cyclic N) is 2. The van der Waals surface area contributed by atoms with Gasteiger partial charge in [-0.2, -0.15) is 0 Å². The largest absolute Gasteiger partial charge is 0.389 e. The standard InChI is InChI=1S/C11H20N2O3/c1-2-13(8-3-4-8)11(16)7-12-5-9(14)10(15)6-12/h8-10,14-15H,2-7H2,1H3/t9-,10+. The van der Waals surface area contributed by atoms with E-state index >= 15 is 0 Å². The van der Waals surface area contributed by atoms with Gasteiger partial charge in [-0.05, 0) is 19.8 Å². The third-order valence-corrected chi connectivity index (χ3v) is 3.34. The summed E-state index contributed by atoms with van der Waals surface area (Å²) < 4.78 is 0. The molecule has 2 N–H and O–H groups in total. The molecule has 1 aliphatic carbocycles. The smallest absolute Gasteiger partial charge is 0.236 e. The van der Waals surface area contributed by atoms with Crippen molar-refractivity contribution in [3.05, 3.63) is 0 Å². The zero-order valence-corrected chi connectivity index (χ0v) is 9.67. The molecule has 0 aromatic carbocycles. The minimum Gasteiger partial charge on any atom is -0.389 e. The normalized spacial score (nSPS) is 30.7. The molecular weight excluding hydrogens is 208 g/mol. The number of rotatable bonds is 4. The van der Waals surface area contributed by atoms with Crippen LogP contribution in [0, 0.1) is 0 Å². The van der Waals surface area contributed by atoms with Crippen LogP contribution in [-0.2, 0) is 4.79 Å². The van der Waals surface area contributed by atoms with Gasteiger partial charge in [-0.25, -0.2) is 0 Å². The number of carbonyl (C=O) groups excluding carboxylic acids is 1. The molecule has 92 valence electrons. The van der Waals surface area contributed by atoms with Crippen molar-refractivity contribution in [2.75, 3.05) is 26.2 Å². The van der Waals surface area contributed by atoms with Gasteiger partial charge < -0.3 is 15.1 Å². The number of aliphatic hydroxyl groups excluding tert-OH is 2. The highest BCUT2D eigenvalue weighted by Gasteiger charge is 2.35. The van der Waals surface area contributed by atoms with Crippen molar-refractivity contribution >= 4 is 5.91 Å². The third-order valence-electron chi connectivity index (χ3n) is 3.34. The predicted molar refractivity (Wildman–Crippen MR) is 58.9 cm³/mol. The van der Waals surface area contributed by atoms with E-state index in [-0.39, 0.29) is 5.91 Å². The Labute approximate surface area is 95.6 Å². The van der Waals surface area contributed by atoms with Crippen molar-refractivity contribution in [1.82, 2.24) is 9.80 Å². The first-order valence-corrected chi connectivity index (χ1v) is 5.99. The van der Waals surface area contributed by atoms with Gasteiger partial charge >= 0.3 is 0 Å². The van der Waals surface area contributed by atoms with Crippen LogP contribution in [-0.4, -0.2) is 70.3 Å². The number of likely N-dealkylation sites (N-methyl/N-ethyl adjacent to an activating group) is 1. The van der Waals surface area contributed by atoms with Gasteiger partial charge in [0.15, 0.2) is 0 Å². The van der Waals surface area contributed by atoms with E-state index in [1.54, 1.807) is 0 Å². The van der Waals surface area contributed by atoms with Crippen LogP contribution in [0.3, 0.4) is 0 Å². The van der Waals surface area contributed by atoms with Crippen LogP contribution in [0.4, 0.5) is 0 Å². The van der Waals surface area contributed by atoms with Gasteiger partial charge in [0.2, 0.25) is 5.91 Å². The van der Waals surface area contributed by atoms with Crippen molar-refractivity contribution in [3.63, 3.8) is 0 Å². The molecule has 1 saturated heterocycles. The summed E-state index contributed by atoms with van der Waals surface area (Å²) in [6.45, 7) is 3.86. The van der Waals surface area contributed by atoms with Crippen LogP contribution in [0.5, 0.6) is 0 Å². The topological polar surface area (TPSA) is 64.0 Å². The van der Waals surface area contributed by atoms with Gasteiger partial charge in [-0.15, -0.1) is 0 Å². The first-order chi connectivity index (χ1) is 7.61. The fourth-order valence-corrected chi connectivity index (χ4v) is 2.28. The van der Waals surface area contributed by atoms with Crippen LogP contribution in [0.2, 0.25) is 0 Å². The summed E-state index contributed by atoms with van der Waals surface area (Å²) in [6, 6.07) is 0.440. The Morgan fingerprint density at radius 3 is 2.31 bits per heavy atom. The second-order valence-corrected chi connectivity index (χ2v) is 4.74. The fourth-order valence-electron chi connectivity index (χ4n) is 2.28. The first-order valence-electron chi connectivity index (χ1n) is 5.99. The predicted octanol–water partition coefficient (Wildman–Crippen LogP) is -0.965. The van der Waals surface area contributed by atoms with E-state index in [2.05, 4.69) is 0 Å². The molecule has 16 heavy (non-hydrogen) atoms. The molecule has 2 atom stereocenters. The van der Waals surface area contributed by atoms with E-state index in [0.717, 1.165) is 19.4 Å². The number of likely N-dealkylation sites (tertiary alicyclic amines) is 1. The molecule has 2 aliphatic rings. The summed E-state index contributed by atoms with van der Waals surface area (Å²) in [5.41, 5.74) is 0. The average Bonchev–Trinajstić information content (AvgIpc) is 2.97. The lowest BCUT2D eigenvalue weighted by atomic mass is 10.3. The van der Waals surface area contributed by atoms with Crippen molar-refractivity contribution in [2.45, 2.75) is 38.0 Å². The summed E-state index contributed by atoms with van der Waals surface area (Å²) >= 11 is 0. The lowest BCUT2D eigenvalue weighted by molar-refractivity contribution is -0.132. The summed E-state index contributed by atoms with van der Waals surface area (Å²) in [5.74, 6) is 0.117. The van der Waals surface area contributed by atoms with E-state index in [0.29, 0.717) is 25.7 Å². The molecule has 0 unspecified atom stereocenters. The molecule has 1 heterocycles. The van der Waals surface area contributed by atoms with Crippen molar-refractivity contribution in [2.24, 2.45) is 0 Å². The van der Waals surface area contributed by atoms with Gasteiger partial charge in [-0.1, -0.05) is 0 Å². The summed E-state index contributed by atoms with van der Waals surface area (Å²) in [5, 5.41) is 18.8. The highest BCUT2D eigenvalue weighted by Crippen LogP contribution is 2.26. The van der Waals surface area contributed by atoms with Crippen molar-refractivity contribution in [3.8, 4) is 0 Å². The zero-order chi connectivity index (χ0) is 11.7. The Hall–Kier alpha value is -0.650. The second kappa shape index (κ2) is 4.69. The van der Waals surface area contributed by atoms with Crippen LogP contribution in [0.25, 0.3) is 0 Å². The number of carbonyl (C=O) groups is 1. The van der Waals surface area contributed by atoms with Gasteiger partial charge in [0.05, 0.1) is 18.8 Å². The molecular formula is C11H20N2O3. The quantitative estimate of drug-likeness (QED) is 0.650. The van der Waals surface area contributed by atoms with E-state index in [1.165, 1.54) is 0 Å². The summed E-state index contributed by atoms with van der Waals surface area (Å²) in [7, 11) is 0. The molecule has 1 amide bonds. The Balaban J connectivity index is 1.82. The Bertz CT molecular complexity index is 258. The molecule has 0 spiro atoms. The summed E-state index contributed by atoms with van der Waals surface area (Å²) in [6.07, 6.45) is 0.822. The average molecular weight is 228 g/mol. The Morgan fingerprint density at radius 2 is 1.88 bits per heavy atom. The lowest BCUT2D eigenvalue weighted by Gasteiger charge is -2.23. The van der Waals surface area contributed by atoms with Gasteiger partial charge in [0.25, 0.3) is 0 Å². The number of nitrogens with zero attached hydrogens (tertiary/aromatic N) is 2. The molecule has 2 fully saturated rings. The van der Waals surface area contributed by atoms with Gasteiger partial charge in [0, 0.05) is 25.7 Å². The number of hydrogen-bond donors (Lipinski definition) is 2. The molecule has 2 rings (SSSR count). The molecule has 0 bridgehead atoms. The van der Waals surface area contributed by atoms with E-state index < -0.39 is 12.2 Å². The van der Waals surface area contributed by atoms with Gasteiger partial charge in [-0.3, -0.25) is 9.69 Å². The zero-order valence-electron chi connectivity index (χ0n) is 9.67. The van der Waals surface area contributed by atoms with Crippen LogP contribution in [0.1, 0.15) is 19.8 Å². The highest BCUT2D eigenvalue weighted by molar-refractivity contribution is 5.79. The van der Waals surface area contributed by atoms with Crippen molar-refractivity contribution < 1.29 is 15.0 Å². The maximum Gasteiger partial charge on any atom is 0.236 e. The Morgan fingerprint density at radius 1 is 1.31 bits per heavy atom. The molecule has 1 saturated carbocycles. The maximum absolute atomic E-state index is 11.9. The fraction of sp³-hybridized carbons (Fsp3) is 0.909. The first kappa shape index (κ1) is 11.8. The monoisotopic (exact) mass is 228 g/mol. The maximum atomic E-state index is 11.9.